The standard InChI is InChI=1S/C5H4N12O/c6-15-9-1-2-18-5-11-3(13-16-7)10-4(12-5)14-17-8/h1-2H2. The average molecular weight is 248 g/mol. The van der Waals surface area contributed by atoms with Crippen LogP contribution in [0.15, 0.2) is 15.3 Å². The van der Waals surface area contributed by atoms with Crippen molar-refractivity contribution in [2.24, 2.45) is 15.3 Å². The van der Waals surface area contributed by atoms with Crippen LogP contribution in [0.5, 0.6) is 6.01 Å². The molecule has 0 spiro atoms. The van der Waals surface area contributed by atoms with Crippen molar-refractivity contribution in [1.29, 1.82) is 0 Å². The SMILES string of the molecule is [N-]=[N+]=NCCOc1nc(N=[N+]=[N-])nc(N=[N+]=[N-])n1. The van der Waals surface area contributed by atoms with Crippen molar-refractivity contribution in [3.63, 3.8) is 0 Å². The summed E-state index contributed by atoms with van der Waals surface area (Å²) in [6, 6.07) is -0.206. The number of aromatic nitrogens is 3. The summed E-state index contributed by atoms with van der Waals surface area (Å²) >= 11 is 0. The number of nitrogens with zero attached hydrogens (tertiary/aromatic N) is 12. The third-order valence-electron chi connectivity index (χ3n) is 1.35. The van der Waals surface area contributed by atoms with Crippen LogP contribution in [0.1, 0.15) is 0 Å². The molecule has 0 N–H and O–H groups in total. The topological polar surface area (TPSA) is 194 Å². The Labute approximate surface area is 98.3 Å². The molecule has 0 saturated heterocycles. The fourth-order valence-corrected chi connectivity index (χ4v) is 0.792. The fraction of sp³-hybridized carbons (Fsp3) is 0.400. The lowest BCUT2D eigenvalue weighted by molar-refractivity contribution is 0.302. The smallest absolute Gasteiger partial charge is 0.320 e. The van der Waals surface area contributed by atoms with Gasteiger partial charge in [-0.1, -0.05) is 5.11 Å². The van der Waals surface area contributed by atoms with Crippen molar-refractivity contribution in [3.05, 3.63) is 31.3 Å². The first kappa shape index (κ1) is 12.8. The quantitative estimate of drug-likeness (QED) is 0.322. The fourth-order valence-electron chi connectivity index (χ4n) is 0.792. The van der Waals surface area contributed by atoms with Crippen LogP contribution in [-0.4, -0.2) is 28.1 Å². The summed E-state index contributed by atoms with van der Waals surface area (Å²) < 4.78 is 4.99. The van der Waals surface area contributed by atoms with Crippen LogP contribution >= 0.6 is 0 Å². The Hall–Kier alpha value is -3.26. The van der Waals surface area contributed by atoms with E-state index < -0.39 is 0 Å². The molecule has 0 aliphatic rings. The van der Waals surface area contributed by atoms with Gasteiger partial charge < -0.3 is 4.74 Å². The Morgan fingerprint density at radius 2 is 1.56 bits per heavy atom. The molecule has 0 atom stereocenters. The van der Waals surface area contributed by atoms with E-state index in [4.69, 9.17) is 21.3 Å². The van der Waals surface area contributed by atoms with Gasteiger partial charge in [-0.05, 0) is 26.8 Å². The van der Waals surface area contributed by atoms with Crippen molar-refractivity contribution in [3.8, 4) is 6.01 Å². The van der Waals surface area contributed by atoms with Gasteiger partial charge in [0.25, 0.3) is 0 Å². The second-order valence-electron chi connectivity index (χ2n) is 2.40. The van der Waals surface area contributed by atoms with Gasteiger partial charge in [-0.2, -0.15) is 9.97 Å². The molecule has 13 heteroatoms. The Kier molecular flexibility index (Phi) is 5.04. The zero-order valence-electron chi connectivity index (χ0n) is 8.69. The van der Waals surface area contributed by atoms with Crippen LogP contribution in [0.3, 0.4) is 0 Å². The van der Waals surface area contributed by atoms with E-state index in [1.165, 1.54) is 0 Å². The first-order valence-electron chi connectivity index (χ1n) is 4.30. The van der Waals surface area contributed by atoms with Crippen molar-refractivity contribution in [2.75, 3.05) is 13.2 Å². The number of azide groups is 3. The van der Waals surface area contributed by atoms with Gasteiger partial charge in [0.1, 0.15) is 0 Å². The molecular formula is C5H4N12O. The van der Waals surface area contributed by atoms with Gasteiger partial charge in [0, 0.05) is 14.7 Å². The highest BCUT2D eigenvalue weighted by Gasteiger charge is 2.04. The molecule has 18 heavy (non-hydrogen) atoms. The molecule has 1 rings (SSSR count). The summed E-state index contributed by atoms with van der Waals surface area (Å²) in [6.45, 7) is 0.0787. The van der Waals surface area contributed by atoms with Crippen LogP contribution in [-0.2, 0) is 0 Å². The minimum atomic E-state index is -0.298. The minimum absolute atomic E-state index is 0.0134. The Morgan fingerprint density at radius 3 is 2.06 bits per heavy atom. The molecule has 0 unspecified atom stereocenters. The number of hydrogen-bond donors (Lipinski definition) is 0. The molecule has 0 aliphatic carbocycles. The Bertz CT molecular complexity index is 526. The van der Waals surface area contributed by atoms with Crippen molar-refractivity contribution in [2.45, 2.75) is 0 Å². The molecule has 1 aromatic heterocycles. The van der Waals surface area contributed by atoms with E-state index in [1.54, 1.807) is 0 Å². The van der Waals surface area contributed by atoms with Gasteiger partial charge in [-0.25, -0.2) is 4.98 Å². The summed E-state index contributed by atoms with van der Waals surface area (Å²) in [7, 11) is 0. The first-order valence-corrected chi connectivity index (χ1v) is 4.30. The minimum Gasteiger partial charge on any atom is -0.463 e. The van der Waals surface area contributed by atoms with Gasteiger partial charge in [-0.3, -0.25) is 0 Å². The molecule has 0 fully saturated rings. The maximum atomic E-state index is 8.24. The predicted octanol–water partition coefficient (Wildman–Crippen LogP) is 2.44. The number of hydrogen-bond acceptors (Lipinski definition) is 7. The number of ether oxygens (including phenoxy) is 1. The molecule has 1 aromatic rings. The van der Waals surface area contributed by atoms with Crippen LogP contribution in [0.25, 0.3) is 31.3 Å². The third-order valence-corrected chi connectivity index (χ3v) is 1.35. The van der Waals surface area contributed by atoms with E-state index in [-0.39, 0.29) is 31.1 Å². The molecule has 0 saturated carbocycles. The molecule has 0 radical (unpaired) electrons. The lowest BCUT2D eigenvalue weighted by Gasteiger charge is -2.02. The van der Waals surface area contributed by atoms with E-state index in [1.807, 2.05) is 0 Å². The lowest BCUT2D eigenvalue weighted by Crippen LogP contribution is -2.04. The largest absolute Gasteiger partial charge is 0.463 e. The van der Waals surface area contributed by atoms with Gasteiger partial charge in [0.2, 0.25) is 11.9 Å². The zero-order valence-corrected chi connectivity index (χ0v) is 8.69. The van der Waals surface area contributed by atoms with E-state index in [0.717, 1.165) is 0 Å². The van der Waals surface area contributed by atoms with Gasteiger partial charge in [0.05, 0.1) is 13.2 Å². The number of rotatable bonds is 6. The molecule has 13 nitrogen and oxygen atoms in total. The summed E-state index contributed by atoms with van der Waals surface area (Å²) in [5.41, 5.74) is 24.5. The maximum Gasteiger partial charge on any atom is 0.320 e. The monoisotopic (exact) mass is 248 g/mol. The molecule has 1 heterocycles. The molecular weight excluding hydrogens is 244 g/mol. The normalized spacial score (nSPS) is 8.44. The van der Waals surface area contributed by atoms with E-state index in [2.05, 4.69) is 45.0 Å². The Morgan fingerprint density at radius 1 is 0.944 bits per heavy atom. The zero-order chi connectivity index (χ0) is 13.2. The highest BCUT2D eigenvalue weighted by atomic mass is 16.5. The van der Waals surface area contributed by atoms with E-state index in [9.17, 15) is 0 Å². The molecule has 90 valence electrons. The summed E-state index contributed by atoms with van der Waals surface area (Å²) in [5.74, 6) is -0.595. The van der Waals surface area contributed by atoms with Crippen molar-refractivity contribution < 1.29 is 4.74 Å². The van der Waals surface area contributed by atoms with Crippen molar-refractivity contribution >= 4 is 11.9 Å². The predicted molar refractivity (Wildman–Crippen MR) is 56.9 cm³/mol. The summed E-state index contributed by atoms with van der Waals surface area (Å²) in [4.78, 5) is 18.2. The average Bonchev–Trinajstić information content (AvgIpc) is 2.35. The van der Waals surface area contributed by atoms with Crippen LogP contribution < -0.4 is 4.74 Å². The third kappa shape index (κ3) is 4.08. The highest BCUT2D eigenvalue weighted by Crippen LogP contribution is 2.15. The Balaban J connectivity index is 2.91. The summed E-state index contributed by atoms with van der Waals surface area (Å²) in [5, 5.41) is 9.48. The second-order valence-corrected chi connectivity index (χ2v) is 2.40. The second kappa shape index (κ2) is 7.09. The van der Waals surface area contributed by atoms with Crippen molar-refractivity contribution in [1.82, 2.24) is 15.0 Å². The molecule has 0 aromatic carbocycles. The van der Waals surface area contributed by atoms with Gasteiger partial charge in [0.15, 0.2) is 0 Å². The van der Waals surface area contributed by atoms with Crippen LogP contribution in [0.2, 0.25) is 0 Å². The molecule has 0 amide bonds. The van der Waals surface area contributed by atoms with Crippen LogP contribution in [0, 0.1) is 0 Å². The molecule has 0 aliphatic heterocycles. The van der Waals surface area contributed by atoms with E-state index in [0.29, 0.717) is 0 Å². The van der Waals surface area contributed by atoms with Crippen LogP contribution in [0.4, 0.5) is 11.9 Å². The van der Waals surface area contributed by atoms with E-state index >= 15 is 0 Å². The molecule has 0 bridgehead atoms. The lowest BCUT2D eigenvalue weighted by atomic mass is 10.7. The summed E-state index contributed by atoms with van der Waals surface area (Å²) in [6.07, 6.45) is 0. The van der Waals surface area contributed by atoms with Gasteiger partial charge >= 0.3 is 6.01 Å². The maximum absolute atomic E-state index is 8.24. The highest BCUT2D eigenvalue weighted by molar-refractivity contribution is 5.26. The van der Waals surface area contributed by atoms with Gasteiger partial charge in [-0.15, -0.1) is 0 Å². The first-order chi connectivity index (χ1) is 8.80.